The summed E-state index contributed by atoms with van der Waals surface area (Å²) in [6.45, 7) is 4.28. The quantitative estimate of drug-likeness (QED) is 0.914. The summed E-state index contributed by atoms with van der Waals surface area (Å²) in [5.41, 5.74) is 2.89. The number of aromatic hydroxyl groups is 1. The molecule has 2 heterocycles. The van der Waals surface area contributed by atoms with Crippen LogP contribution in [0.4, 0.5) is 0 Å². The lowest BCUT2D eigenvalue weighted by molar-refractivity contribution is -0.0461. The Balaban J connectivity index is 1.77. The molecule has 118 valence electrons. The number of para-hydroxylation sites is 2. The zero-order chi connectivity index (χ0) is 16.0. The summed E-state index contributed by atoms with van der Waals surface area (Å²) in [6, 6.07) is 15.7. The number of rotatable bonds is 2. The summed E-state index contributed by atoms with van der Waals surface area (Å²) < 4.78 is 6.18. The van der Waals surface area contributed by atoms with Crippen molar-refractivity contribution in [2.24, 2.45) is 11.0 Å². The second-order valence-corrected chi connectivity index (χ2v) is 6.45. The molecule has 2 aromatic carbocycles. The Bertz CT molecular complexity index is 769. The van der Waals surface area contributed by atoms with Crippen LogP contribution >= 0.6 is 0 Å². The normalized spacial score (nSPS) is 22.4. The molecular formula is C19H20N2O2. The van der Waals surface area contributed by atoms with Gasteiger partial charge in [0.1, 0.15) is 11.5 Å². The maximum Gasteiger partial charge on any atom is 0.190 e. The minimum Gasteiger partial charge on any atom is -0.507 e. The van der Waals surface area contributed by atoms with Crippen LogP contribution in [0, 0.1) is 5.92 Å². The van der Waals surface area contributed by atoms with Gasteiger partial charge in [0.05, 0.1) is 11.8 Å². The molecule has 0 aliphatic carbocycles. The third kappa shape index (κ3) is 2.25. The van der Waals surface area contributed by atoms with Gasteiger partial charge in [0.15, 0.2) is 6.23 Å². The Morgan fingerprint density at radius 3 is 2.65 bits per heavy atom. The van der Waals surface area contributed by atoms with Gasteiger partial charge < -0.3 is 9.84 Å². The van der Waals surface area contributed by atoms with Crippen molar-refractivity contribution in [3.8, 4) is 11.5 Å². The van der Waals surface area contributed by atoms with Gasteiger partial charge in [-0.3, -0.25) is 0 Å². The minimum atomic E-state index is -0.0849. The van der Waals surface area contributed by atoms with Crippen molar-refractivity contribution in [2.45, 2.75) is 32.5 Å². The molecule has 0 saturated heterocycles. The highest BCUT2D eigenvalue weighted by molar-refractivity contribution is 6.04. The van der Waals surface area contributed by atoms with Crippen LogP contribution in [0.5, 0.6) is 11.5 Å². The van der Waals surface area contributed by atoms with Crippen LogP contribution in [0.1, 0.15) is 37.4 Å². The summed E-state index contributed by atoms with van der Waals surface area (Å²) in [5.74, 6) is 1.54. The van der Waals surface area contributed by atoms with E-state index in [1.54, 1.807) is 6.07 Å². The van der Waals surface area contributed by atoms with Gasteiger partial charge in [-0.25, -0.2) is 5.01 Å². The molecular weight excluding hydrogens is 288 g/mol. The SMILES string of the molecule is CC(C)[C@@H]1Oc2ccccc2[C@H]2CC(c3ccccc3O)=NN21. The van der Waals surface area contributed by atoms with E-state index in [2.05, 4.69) is 24.9 Å². The second kappa shape index (κ2) is 5.30. The number of hydrogen-bond donors (Lipinski definition) is 1. The Kier molecular flexibility index (Phi) is 3.26. The number of ether oxygens (including phenoxy) is 1. The third-order valence-electron chi connectivity index (χ3n) is 4.51. The maximum absolute atomic E-state index is 10.1. The van der Waals surface area contributed by atoms with Crippen LogP contribution in [-0.4, -0.2) is 22.1 Å². The number of benzene rings is 2. The highest BCUT2D eigenvalue weighted by Gasteiger charge is 2.41. The zero-order valence-corrected chi connectivity index (χ0v) is 13.3. The van der Waals surface area contributed by atoms with Crippen LogP contribution in [0.25, 0.3) is 0 Å². The lowest BCUT2D eigenvalue weighted by Crippen LogP contribution is -2.43. The molecule has 23 heavy (non-hydrogen) atoms. The highest BCUT2D eigenvalue weighted by Crippen LogP contribution is 2.44. The predicted molar refractivity (Wildman–Crippen MR) is 89.5 cm³/mol. The first kappa shape index (κ1) is 14.1. The number of fused-ring (bicyclic) bond motifs is 3. The first-order chi connectivity index (χ1) is 11.1. The summed E-state index contributed by atoms with van der Waals surface area (Å²) >= 11 is 0. The van der Waals surface area contributed by atoms with Crippen LogP contribution < -0.4 is 4.74 Å². The standard InChI is InChI=1S/C19H20N2O2/c1-12(2)19-21-16(14-8-4-6-10-18(14)23-19)11-15(20-21)13-7-3-5-9-17(13)22/h3-10,12,16,19,22H,11H2,1-2H3/t16-,19+/m1/s1. The number of nitrogens with zero attached hydrogens (tertiary/aromatic N) is 2. The smallest absolute Gasteiger partial charge is 0.190 e. The Morgan fingerprint density at radius 2 is 1.87 bits per heavy atom. The van der Waals surface area contributed by atoms with E-state index in [1.165, 1.54) is 5.56 Å². The molecule has 4 heteroatoms. The van der Waals surface area contributed by atoms with Gasteiger partial charge in [-0.15, -0.1) is 0 Å². The van der Waals surface area contributed by atoms with Crippen molar-refractivity contribution in [3.05, 3.63) is 59.7 Å². The molecule has 0 bridgehead atoms. The van der Waals surface area contributed by atoms with Crippen LogP contribution in [0.2, 0.25) is 0 Å². The van der Waals surface area contributed by atoms with Crippen molar-refractivity contribution in [2.75, 3.05) is 0 Å². The predicted octanol–water partition coefficient (Wildman–Crippen LogP) is 3.92. The number of phenols is 1. The lowest BCUT2D eigenvalue weighted by Gasteiger charge is -2.39. The van der Waals surface area contributed by atoms with Gasteiger partial charge in [0.2, 0.25) is 0 Å². The van der Waals surface area contributed by atoms with E-state index < -0.39 is 0 Å². The monoisotopic (exact) mass is 308 g/mol. The molecule has 0 fully saturated rings. The molecule has 0 amide bonds. The van der Waals surface area contributed by atoms with E-state index in [9.17, 15) is 5.11 Å². The first-order valence-corrected chi connectivity index (χ1v) is 8.05. The fourth-order valence-electron chi connectivity index (χ4n) is 3.38. The second-order valence-electron chi connectivity index (χ2n) is 6.45. The fourth-order valence-corrected chi connectivity index (χ4v) is 3.38. The Hall–Kier alpha value is -2.49. The van der Waals surface area contributed by atoms with Crippen molar-refractivity contribution in [1.82, 2.24) is 5.01 Å². The molecule has 4 nitrogen and oxygen atoms in total. The van der Waals surface area contributed by atoms with Crippen LogP contribution in [-0.2, 0) is 0 Å². The highest BCUT2D eigenvalue weighted by atomic mass is 16.5. The van der Waals surface area contributed by atoms with Gasteiger partial charge >= 0.3 is 0 Å². The zero-order valence-electron chi connectivity index (χ0n) is 13.3. The maximum atomic E-state index is 10.1. The van der Waals surface area contributed by atoms with Crippen molar-refractivity contribution >= 4 is 5.71 Å². The van der Waals surface area contributed by atoms with Crippen molar-refractivity contribution < 1.29 is 9.84 Å². The third-order valence-corrected chi connectivity index (χ3v) is 4.51. The van der Waals surface area contributed by atoms with Gasteiger partial charge in [0, 0.05) is 23.5 Å². The molecule has 1 N–H and O–H groups in total. The molecule has 2 atom stereocenters. The summed E-state index contributed by atoms with van der Waals surface area (Å²) in [5, 5.41) is 17.0. The molecule has 2 aliphatic rings. The van der Waals surface area contributed by atoms with E-state index in [-0.39, 0.29) is 18.0 Å². The summed E-state index contributed by atoms with van der Waals surface area (Å²) in [6.07, 6.45) is 0.694. The average Bonchev–Trinajstić information content (AvgIpc) is 2.99. The fraction of sp³-hybridized carbons (Fsp3) is 0.316. The summed E-state index contributed by atoms with van der Waals surface area (Å²) in [4.78, 5) is 0. The van der Waals surface area contributed by atoms with Gasteiger partial charge in [-0.1, -0.05) is 44.2 Å². The van der Waals surface area contributed by atoms with Crippen molar-refractivity contribution in [1.29, 1.82) is 0 Å². The molecule has 0 aromatic heterocycles. The number of hydrogen-bond acceptors (Lipinski definition) is 4. The topological polar surface area (TPSA) is 45.1 Å². The molecule has 0 saturated carbocycles. The van der Waals surface area contributed by atoms with Crippen molar-refractivity contribution in [3.63, 3.8) is 0 Å². The largest absolute Gasteiger partial charge is 0.507 e. The summed E-state index contributed by atoms with van der Waals surface area (Å²) in [7, 11) is 0. The molecule has 4 rings (SSSR count). The van der Waals surface area contributed by atoms with Gasteiger partial charge in [-0.2, -0.15) is 5.10 Å². The van der Waals surface area contributed by atoms with E-state index in [4.69, 9.17) is 9.84 Å². The van der Waals surface area contributed by atoms with Gasteiger partial charge in [-0.05, 0) is 18.2 Å². The van der Waals surface area contributed by atoms with Gasteiger partial charge in [0.25, 0.3) is 0 Å². The number of hydrazone groups is 1. The van der Waals surface area contributed by atoms with Crippen LogP contribution in [0.3, 0.4) is 0 Å². The van der Waals surface area contributed by atoms with E-state index >= 15 is 0 Å². The molecule has 2 aromatic rings. The van der Waals surface area contributed by atoms with E-state index in [1.807, 2.05) is 36.4 Å². The Morgan fingerprint density at radius 1 is 1.13 bits per heavy atom. The lowest BCUT2D eigenvalue weighted by atomic mass is 9.95. The molecule has 0 spiro atoms. The van der Waals surface area contributed by atoms with Crippen LogP contribution in [0.15, 0.2) is 53.6 Å². The van der Waals surface area contributed by atoms with E-state index in [0.717, 1.165) is 23.4 Å². The number of phenolic OH excluding ortho intramolecular Hbond substituents is 1. The molecule has 2 aliphatic heterocycles. The average molecular weight is 308 g/mol. The Labute approximate surface area is 136 Å². The minimum absolute atomic E-state index is 0.0849. The first-order valence-electron chi connectivity index (χ1n) is 8.05. The molecule has 0 radical (unpaired) electrons. The van der Waals surface area contributed by atoms with E-state index in [0.29, 0.717) is 5.92 Å². The molecule has 0 unspecified atom stereocenters.